The lowest BCUT2D eigenvalue weighted by Crippen LogP contribution is -2.43. The molecule has 0 atom stereocenters. The lowest BCUT2D eigenvalue weighted by molar-refractivity contribution is -0.704. The maximum Gasteiger partial charge on any atom is 0.500 e. The van der Waals surface area contributed by atoms with Crippen molar-refractivity contribution in [3.8, 4) is 0 Å². The van der Waals surface area contributed by atoms with Crippen LogP contribution < -0.4 is 0 Å². The van der Waals surface area contributed by atoms with Gasteiger partial charge in [-0.05, 0) is 6.42 Å². The summed E-state index contributed by atoms with van der Waals surface area (Å²) in [6, 6.07) is 0.583. The van der Waals surface area contributed by atoms with Crippen molar-refractivity contribution in [1.29, 1.82) is 0 Å². The fourth-order valence-corrected chi connectivity index (χ4v) is 2.94. The van der Waals surface area contributed by atoms with Crippen molar-refractivity contribution in [2.45, 2.75) is 12.5 Å². The largest absolute Gasteiger partial charge is 0.569 e. The normalized spacial score (nSPS) is 12.9. The second-order valence-corrected chi connectivity index (χ2v) is 6.21. The summed E-state index contributed by atoms with van der Waals surface area (Å²) in [6.45, 7) is 0.415. The van der Waals surface area contributed by atoms with E-state index in [0.29, 0.717) is 19.0 Å². The van der Waals surface area contributed by atoms with Crippen LogP contribution in [0.1, 0.15) is 6.42 Å². The molecule has 0 spiro atoms. The average Bonchev–Trinajstić information content (AvgIpc) is 2.34. The minimum Gasteiger partial charge on any atom is -0.569 e. The molecule has 0 aromatic carbocycles. The van der Waals surface area contributed by atoms with Crippen molar-refractivity contribution in [1.82, 2.24) is 5.01 Å². The fourth-order valence-electron chi connectivity index (χ4n) is 1.23. The summed E-state index contributed by atoms with van der Waals surface area (Å²) in [5, 5.41) is 22.8. The molecule has 0 saturated carbocycles. The first kappa shape index (κ1) is 15.1. The highest BCUT2D eigenvalue weighted by Gasteiger charge is 2.37. The second-order valence-electron chi connectivity index (χ2n) is 3.12. The van der Waals surface area contributed by atoms with Crippen LogP contribution in [0.2, 0.25) is 6.04 Å². The molecule has 0 aromatic rings. The highest BCUT2D eigenvalue weighted by molar-refractivity contribution is 6.60. The molecule has 16 heavy (non-hydrogen) atoms. The van der Waals surface area contributed by atoms with Gasteiger partial charge in [0.25, 0.3) is 0 Å². The highest BCUT2D eigenvalue weighted by Crippen LogP contribution is 2.14. The van der Waals surface area contributed by atoms with E-state index in [9.17, 15) is 5.21 Å². The Kier molecular flexibility index (Phi) is 6.97. The van der Waals surface area contributed by atoms with E-state index in [1.54, 1.807) is 0 Å². The Morgan fingerprint density at radius 2 is 1.81 bits per heavy atom. The molecule has 0 amide bonds. The lowest BCUT2D eigenvalue weighted by Gasteiger charge is -2.24. The summed E-state index contributed by atoms with van der Waals surface area (Å²) in [7, 11) is 3.55. The quantitative estimate of drug-likeness (QED) is 0.292. The molecule has 1 N–H and O–H groups in total. The molecule has 0 bridgehead atoms. The van der Waals surface area contributed by atoms with Crippen LogP contribution in [0.15, 0.2) is 5.28 Å². The van der Waals surface area contributed by atoms with E-state index in [-0.39, 0.29) is 4.97 Å². The first-order chi connectivity index (χ1) is 7.55. The van der Waals surface area contributed by atoms with E-state index < -0.39 is 8.80 Å². The predicted octanol–water partition coefficient (Wildman–Crippen LogP) is 0.453. The Balaban J connectivity index is 4.05. The standard InChI is InChI=1S/C7H19N3O5Si/c1-9(10(12)8-11)6-5-7-16(13-2,14-3)15-4/h11H,5-7H2,1-4H3/b10-8-. The molecule has 0 rings (SSSR count). The minimum atomic E-state index is -2.57. The summed E-state index contributed by atoms with van der Waals surface area (Å²) >= 11 is 0. The number of nitrogens with zero attached hydrogens (tertiary/aromatic N) is 3. The van der Waals surface area contributed by atoms with Gasteiger partial charge < -0.3 is 23.7 Å². The van der Waals surface area contributed by atoms with Crippen LogP contribution in [0.4, 0.5) is 0 Å². The van der Waals surface area contributed by atoms with Gasteiger partial charge in [-0.2, -0.15) is 0 Å². The SMILES string of the molecule is CO[Si](CCCN(C)/[N+]([O-])=N/O)(OC)OC. The van der Waals surface area contributed by atoms with Gasteiger partial charge in [0.05, 0.1) is 18.6 Å². The predicted molar refractivity (Wildman–Crippen MR) is 56.7 cm³/mol. The zero-order valence-corrected chi connectivity index (χ0v) is 11.0. The Morgan fingerprint density at radius 3 is 2.19 bits per heavy atom. The van der Waals surface area contributed by atoms with Gasteiger partial charge in [-0.25, -0.2) is 0 Å². The molecule has 9 heteroatoms. The van der Waals surface area contributed by atoms with Gasteiger partial charge in [-0.1, -0.05) is 0 Å². The number of hydrazine groups is 1. The maximum atomic E-state index is 10.8. The van der Waals surface area contributed by atoms with Crippen molar-refractivity contribution in [2.24, 2.45) is 5.28 Å². The molecule has 0 aliphatic carbocycles. The van der Waals surface area contributed by atoms with E-state index in [2.05, 4.69) is 5.28 Å². The van der Waals surface area contributed by atoms with Gasteiger partial charge in [0.1, 0.15) is 0 Å². The minimum absolute atomic E-state index is 0.107. The first-order valence-corrected chi connectivity index (χ1v) is 6.67. The van der Waals surface area contributed by atoms with E-state index in [1.807, 2.05) is 0 Å². The summed E-state index contributed by atoms with van der Waals surface area (Å²) in [5.74, 6) is 0. The molecule has 96 valence electrons. The summed E-state index contributed by atoms with van der Waals surface area (Å²) in [4.78, 5) is 0.107. The Bertz CT molecular complexity index is 216. The number of rotatable bonds is 8. The Morgan fingerprint density at radius 1 is 1.31 bits per heavy atom. The summed E-state index contributed by atoms with van der Waals surface area (Å²) in [5.41, 5.74) is 0. The third-order valence-electron chi connectivity index (χ3n) is 2.27. The van der Waals surface area contributed by atoms with Crippen LogP contribution in [-0.2, 0) is 13.3 Å². The van der Waals surface area contributed by atoms with Gasteiger partial charge in [0.15, 0.2) is 0 Å². The number of hydrogen-bond donors (Lipinski definition) is 1. The van der Waals surface area contributed by atoms with E-state index in [0.717, 1.165) is 0 Å². The molecular weight excluding hydrogens is 234 g/mol. The van der Waals surface area contributed by atoms with Crippen molar-refractivity contribution < 1.29 is 23.5 Å². The van der Waals surface area contributed by atoms with Crippen LogP contribution in [0.25, 0.3) is 0 Å². The zero-order valence-electron chi connectivity index (χ0n) is 10.0. The van der Waals surface area contributed by atoms with Crippen molar-refractivity contribution >= 4 is 8.80 Å². The molecule has 0 aromatic heterocycles. The molecule has 0 unspecified atom stereocenters. The molecule has 0 fully saturated rings. The third-order valence-corrected chi connectivity index (χ3v) is 5.10. The van der Waals surface area contributed by atoms with Crippen LogP contribution in [0.3, 0.4) is 0 Å². The van der Waals surface area contributed by atoms with Crippen LogP contribution in [0, 0.1) is 5.21 Å². The summed E-state index contributed by atoms with van der Waals surface area (Å²) < 4.78 is 15.6. The molecule has 0 heterocycles. The fraction of sp³-hybridized carbons (Fsp3) is 1.00. The smallest absolute Gasteiger partial charge is 0.500 e. The van der Waals surface area contributed by atoms with E-state index >= 15 is 0 Å². The second kappa shape index (κ2) is 7.38. The molecule has 8 nitrogen and oxygen atoms in total. The number of hydrogen-bond acceptors (Lipinski definition) is 5. The van der Waals surface area contributed by atoms with Crippen molar-refractivity contribution in [3.05, 3.63) is 5.21 Å². The highest BCUT2D eigenvalue weighted by atomic mass is 28.4. The van der Waals surface area contributed by atoms with Crippen LogP contribution in [0.5, 0.6) is 0 Å². The first-order valence-electron chi connectivity index (χ1n) is 4.74. The molecule has 0 saturated heterocycles. The summed E-state index contributed by atoms with van der Waals surface area (Å²) in [6.07, 6.45) is 0.631. The average molecular weight is 253 g/mol. The van der Waals surface area contributed by atoms with Gasteiger partial charge >= 0.3 is 8.80 Å². The monoisotopic (exact) mass is 253 g/mol. The maximum absolute atomic E-state index is 10.8. The van der Waals surface area contributed by atoms with E-state index in [1.165, 1.54) is 33.4 Å². The van der Waals surface area contributed by atoms with Gasteiger partial charge in [0, 0.05) is 27.4 Å². The van der Waals surface area contributed by atoms with Crippen LogP contribution in [-0.4, -0.2) is 58.9 Å². The molecule has 0 aliphatic rings. The Hall–Kier alpha value is -0.903. The van der Waals surface area contributed by atoms with Crippen molar-refractivity contribution in [2.75, 3.05) is 34.9 Å². The molecular formula is C7H19N3O5Si. The Labute approximate surface area is 95.9 Å². The lowest BCUT2D eigenvalue weighted by atomic mass is 10.5. The zero-order chi connectivity index (χ0) is 12.6. The van der Waals surface area contributed by atoms with Crippen LogP contribution >= 0.6 is 0 Å². The van der Waals surface area contributed by atoms with Gasteiger partial charge in [-0.15, -0.1) is 5.01 Å². The van der Waals surface area contributed by atoms with Crippen molar-refractivity contribution in [3.63, 3.8) is 0 Å². The van der Waals surface area contributed by atoms with Gasteiger partial charge in [-0.3, -0.25) is 0 Å². The molecule has 0 radical (unpaired) electrons. The van der Waals surface area contributed by atoms with E-state index in [4.69, 9.17) is 18.5 Å². The third kappa shape index (κ3) is 4.31. The topological polar surface area (TPSA) is 89.6 Å². The molecule has 0 aliphatic heterocycles. The van der Waals surface area contributed by atoms with Gasteiger partial charge in [0.2, 0.25) is 5.28 Å².